The van der Waals surface area contributed by atoms with Crippen LogP contribution in [0.15, 0.2) is 47.4 Å². The van der Waals surface area contributed by atoms with Gasteiger partial charge < -0.3 is 10.1 Å². The van der Waals surface area contributed by atoms with Crippen molar-refractivity contribution >= 4 is 45.0 Å². The molecule has 2 fully saturated rings. The van der Waals surface area contributed by atoms with Crippen LogP contribution in [0.1, 0.15) is 36.0 Å². The van der Waals surface area contributed by atoms with Gasteiger partial charge in [0.05, 0.1) is 22.9 Å². The molecule has 2 aromatic rings. The van der Waals surface area contributed by atoms with Gasteiger partial charge in [0.2, 0.25) is 10.0 Å². The maximum absolute atomic E-state index is 13.2. The third-order valence-corrected chi connectivity index (χ3v) is 7.96. The Kier molecular flexibility index (Phi) is 6.68. The molecule has 0 spiro atoms. The zero-order valence-electron chi connectivity index (χ0n) is 17.4. The standard InChI is InChI=1S/C22H24ClN3O5S/c23-17-10-9-16(15-20(17)32(29,30)25-11-5-1-2-6-12-25)21(27)24-18-7-3-4-8-19(18)26-13-14-31-22(26)28/h3-4,7-10,15H,1-2,5-6,11-14H2,(H,24,27). The van der Waals surface area contributed by atoms with E-state index in [0.29, 0.717) is 31.0 Å². The average Bonchev–Trinajstić information content (AvgIpc) is 3.02. The molecule has 8 nitrogen and oxygen atoms in total. The van der Waals surface area contributed by atoms with Gasteiger partial charge in [0.15, 0.2) is 0 Å². The number of ether oxygens (including phenoxy) is 1. The second-order valence-corrected chi connectivity index (χ2v) is 10.0. The Hall–Kier alpha value is -2.62. The van der Waals surface area contributed by atoms with Gasteiger partial charge >= 0.3 is 6.09 Å². The van der Waals surface area contributed by atoms with Gasteiger partial charge in [0.1, 0.15) is 11.5 Å². The topological polar surface area (TPSA) is 96.0 Å². The van der Waals surface area contributed by atoms with E-state index in [1.807, 2.05) is 0 Å². The number of carbonyl (C=O) groups is 2. The minimum Gasteiger partial charge on any atom is -0.447 e. The van der Waals surface area contributed by atoms with Gasteiger partial charge in [-0.1, -0.05) is 36.6 Å². The minimum atomic E-state index is -3.82. The summed E-state index contributed by atoms with van der Waals surface area (Å²) in [5.74, 6) is -0.506. The first-order chi connectivity index (χ1) is 15.4. The summed E-state index contributed by atoms with van der Waals surface area (Å²) >= 11 is 6.24. The van der Waals surface area contributed by atoms with E-state index in [4.69, 9.17) is 16.3 Å². The molecule has 0 saturated carbocycles. The molecule has 0 unspecified atom stereocenters. The molecule has 2 saturated heterocycles. The summed E-state index contributed by atoms with van der Waals surface area (Å²) in [6.45, 7) is 1.53. The lowest BCUT2D eigenvalue weighted by molar-refractivity contribution is 0.102. The number of para-hydroxylation sites is 2. The average molecular weight is 478 g/mol. The van der Waals surface area contributed by atoms with Crippen LogP contribution in [0, 0.1) is 0 Å². The van der Waals surface area contributed by atoms with Crippen LogP contribution in [0.3, 0.4) is 0 Å². The maximum atomic E-state index is 13.2. The first-order valence-corrected chi connectivity index (χ1v) is 12.3. The summed E-state index contributed by atoms with van der Waals surface area (Å²) in [7, 11) is -3.82. The smallest absolute Gasteiger partial charge is 0.414 e. The Morgan fingerprint density at radius 2 is 1.72 bits per heavy atom. The van der Waals surface area contributed by atoms with Crippen molar-refractivity contribution in [3.63, 3.8) is 0 Å². The van der Waals surface area contributed by atoms with E-state index in [-0.39, 0.29) is 22.1 Å². The normalized spacial score (nSPS) is 17.7. The van der Waals surface area contributed by atoms with E-state index in [0.717, 1.165) is 25.7 Å². The Bertz CT molecular complexity index is 1130. The monoisotopic (exact) mass is 477 g/mol. The number of hydrogen-bond donors (Lipinski definition) is 1. The number of carbonyl (C=O) groups excluding carboxylic acids is 2. The number of anilines is 2. The first-order valence-electron chi connectivity index (χ1n) is 10.5. The number of rotatable bonds is 5. The molecule has 0 aromatic heterocycles. The van der Waals surface area contributed by atoms with Crippen LogP contribution in [-0.2, 0) is 14.8 Å². The van der Waals surface area contributed by atoms with E-state index in [1.54, 1.807) is 24.3 Å². The van der Waals surface area contributed by atoms with Crippen LogP contribution in [0.2, 0.25) is 5.02 Å². The second kappa shape index (κ2) is 9.48. The van der Waals surface area contributed by atoms with Crippen molar-refractivity contribution < 1.29 is 22.7 Å². The lowest BCUT2D eigenvalue weighted by Crippen LogP contribution is -2.32. The zero-order chi connectivity index (χ0) is 22.7. The Balaban J connectivity index is 1.60. The molecule has 2 aromatic carbocycles. The maximum Gasteiger partial charge on any atom is 0.414 e. The molecule has 170 valence electrons. The van der Waals surface area contributed by atoms with Gasteiger partial charge in [-0.25, -0.2) is 13.2 Å². The third-order valence-electron chi connectivity index (χ3n) is 5.58. The van der Waals surface area contributed by atoms with E-state index in [2.05, 4.69) is 5.32 Å². The van der Waals surface area contributed by atoms with Gasteiger partial charge in [-0.15, -0.1) is 0 Å². The highest BCUT2D eigenvalue weighted by atomic mass is 35.5. The summed E-state index contributed by atoms with van der Waals surface area (Å²) in [4.78, 5) is 26.3. The van der Waals surface area contributed by atoms with Crippen molar-refractivity contribution in [3.8, 4) is 0 Å². The minimum absolute atomic E-state index is 0.0750. The fraction of sp³-hybridized carbons (Fsp3) is 0.364. The number of cyclic esters (lactones) is 1. The third kappa shape index (κ3) is 4.60. The second-order valence-electron chi connectivity index (χ2n) is 7.70. The molecule has 10 heteroatoms. The van der Waals surface area contributed by atoms with E-state index in [1.165, 1.54) is 27.4 Å². The fourth-order valence-corrected chi connectivity index (χ4v) is 5.90. The molecular formula is C22H24ClN3O5S. The highest BCUT2D eigenvalue weighted by Crippen LogP contribution is 2.30. The Morgan fingerprint density at radius 1 is 1.00 bits per heavy atom. The van der Waals surface area contributed by atoms with Crippen molar-refractivity contribution in [2.24, 2.45) is 0 Å². The number of hydrogen-bond acceptors (Lipinski definition) is 5. The van der Waals surface area contributed by atoms with E-state index < -0.39 is 22.0 Å². The number of nitrogens with zero attached hydrogens (tertiary/aromatic N) is 2. The molecule has 2 aliphatic rings. The molecular weight excluding hydrogens is 454 g/mol. The van der Waals surface area contributed by atoms with Gasteiger partial charge in [-0.3, -0.25) is 9.69 Å². The van der Waals surface area contributed by atoms with Crippen LogP contribution in [0.5, 0.6) is 0 Å². The van der Waals surface area contributed by atoms with Crippen molar-refractivity contribution in [2.45, 2.75) is 30.6 Å². The number of benzene rings is 2. The molecule has 0 atom stereocenters. The zero-order valence-corrected chi connectivity index (χ0v) is 19.0. The van der Waals surface area contributed by atoms with Crippen LogP contribution < -0.4 is 10.2 Å². The quantitative estimate of drug-likeness (QED) is 0.699. The van der Waals surface area contributed by atoms with Gasteiger partial charge in [0, 0.05) is 18.7 Å². The lowest BCUT2D eigenvalue weighted by atomic mass is 10.2. The largest absolute Gasteiger partial charge is 0.447 e. The highest BCUT2D eigenvalue weighted by molar-refractivity contribution is 7.89. The summed E-state index contributed by atoms with van der Waals surface area (Å²) in [5.41, 5.74) is 1.08. The van der Waals surface area contributed by atoms with Crippen molar-refractivity contribution in [2.75, 3.05) is 36.5 Å². The number of sulfonamides is 1. The fourth-order valence-electron chi connectivity index (χ4n) is 3.88. The molecule has 0 radical (unpaired) electrons. The van der Waals surface area contributed by atoms with E-state index in [9.17, 15) is 18.0 Å². The predicted molar refractivity (Wildman–Crippen MR) is 122 cm³/mol. The Labute approximate surface area is 192 Å². The summed E-state index contributed by atoms with van der Waals surface area (Å²) in [6.07, 6.45) is 3.10. The molecule has 2 amide bonds. The number of nitrogens with one attached hydrogen (secondary N) is 1. The molecule has 0 aliphatic carbocycles. The van der Waals surface area contributed by atoms with E-state index >= 15 is 0 Å². The molecule has 2 heterocycles. The molecule has 1 N–H and O–H groups in total. The van der Waals surface area contributed by atoms with Crippen molar-refractivity contribution in [3.05, 3.63) is 53.1 Å². The van der Waals surface area contributed by atoms with Crippen molar-refractivity contribution in [1.29, 1.82) is 0 Å². The summed E-state index contributed by atoms with van der Waals surface area (Å²) in [5, 5.41) is 2.85. The van der Waals surface area contributed by atoms with Crippen LogP contribution in [-0.4, -0.2) is 51.0 Å². The SMILES string of the molecule is O=C(Nc1ccccc1N1CCOC1=O)c1ccc(Cl)c(S(=O)(=O)N2CCCCCC2)c1. The molecule has 2 aliphatic heterocycles. The highest BCUT2D eigenvalue weighted by Gasteiger charge is 2.29. The predicted octanol–water partition coefficient (Wildman–Crippen LogP) is 4.11. The molecule has 32 heavy (non-hydrogen) atoms. The lowest BCUT2D eigenvalue weighted by Gasteiger charge is -2.21. The summed E-state index contributed by atoms with van der Waals surface area (Å²) in [6, 6.07) is 11.1. The number of halogens is 1. The van der Waals surface area contributed by atoms with Crippen LogP contribution >= 0.6 is 11.6 Å². The molecule has 4 rings (SSSR count). The van der Waals surface area contributed by atoms with Crippen LogP contribution in [0.25, 0.3) is 0 Å². The van der Waals surface area contributed by atoms with Crippen LogP contribution in [0.4, 0.5) is 16.2 Å². The molecule has 0 bridgehead atoms. The Morgan fingerprint density at radius 3 is 2.41 bits per heavy atom. The van der Waals surface area contributed by atoms with Crippen molar-refractivity contribution in [1.82, 2.24) is 4.31 Å². The van der Waals surface area contributed by atoms with Gasteiger partial charge in [-0.05, 0) is 43.2 Å². The number of amides is 2. The van der Waals surface area contributed by atoms with Gasteiger partial charge in [-0.2, -0.15) is 4.31 Å². The van der Waals surface area contributed by atoms with Gasteiger partial charge in [0.25, 0.3) is 5.91 Å². The summed E-state index contributed by atoms with van der Waals surface area (Å²) < 4.78 is 32.8. The first kappa shape index (κ1) is 22.6.